The molecule has 2 N–H and O–H groups in total. The molecule has 27 heavy (non-hydrogen) atoms. The highest BCUT2D eigenvalue weighted by Gasteiger charge is 2.21. The van der Waals surface area contributed by atoms with Crippen LogP contribution >= 0.6 is 23.1 Å². The number of fused-ring (bicyclic) bond motifs is 3. The number of hydrogen-bond acceptors (Lipinski definition) is 8. The second-order valence-electron chi connectivity index (χ2n) is 6.23. The summed E-state index contributed by atoms with van der Waals surface area (Å²) in [5, 5.41) is 22.5. The van der Waals surface area contributed by atoms with Gasteiger partial charge in [0.1, 0.15) is 16.4 Å². The van der Waals surface area contributed by atoms with Crippen molar-refractivity contribution in [2.75, 3.05) is 0 Å². The lowest BCUT2D eigenvalue weighted by atomic mass is 10.2. The summed E-state index contributed by atoms with van der Waals surface area (Å²) in [5.74, 6) is 1.24. The SMILES string of the molecule is O=c1[nH]c(CSc2nnnn2-c2ccc(O)cc2)nc2sc3c(c12)CCC3. The minimum absolute atomic E-state index is 0.0619. The summed E-state index contributed by atoms with van der Waals surface area (Å²) < 4.78 is 1.58. The van der Waals surface area contributed by atoms with Gasteiger partial charge in [0.05, 0.1) is 16.8 Å². The van der Waals surface area contributed by atoms with E-state index < -0.39 is 0 Å². The van der Waals surface area contributed by atoms with Crippen molar-refractivity contribution in [1.29, 1.82) is 0 Å². The minimum Gasteiger partial charge on any atom is -0.508 e. The molecule has 5 rings (SSSR count). The quantitative estimate of drug-likeness (QED) is 0.508. The smallest absolute Gasteiger partial charge is 0.259 e. The molecular weight excluding hydrogens is 384 g/mol. The summed E-state index contributed by atoms with van der Waals surface area (Å²) in [6.07, 6.45) is 3.13. The number of rotatable bonds is 4. The van der Waals surface area contributed by atoms with Crippen LogP contribution in [0.25, 0.3) is 15.9 Å². The average molecular weight is 398 g/mol. The molecule has 0 spiro atoms. The number of H-pyrrole nitrogens is 1. The van der Waals surface area contributed by atoms with Crippen LogP contribution in [0, 0.1) is 0 Å². The zero-order valence-corrected chi connectivity index (χ0v) is 15.7. The average Bonchev–Trinajstić information content (AvgIpc) is 3.35. The van der Waals surface area contributed by atoms with E-state index in [1.54, 1.807) is 40.3 Å². The van der Waals surface area contributed by atoms with Crippen LogP contribution in [0.4, 0.5) is 0 Å². The number of nitrogens with zero attached hydrogens (tertiary/aromatic N) is 5. The first kappa shape index (κ1) is 16.5. The monoisotopic (exact) mass is 398 g/mol. The Labute approximate surface area is 161 Å². The molecule has 10 heteroatoms. The Hall–Kier alpha value is -2.72. The first-order valence-corrected chi connectivity index (χ1v) is 10.2. The molecule has 1 aliphatic rings. The summed E-state index contributed by atoms with van der Waals surface area (Å²) in [4.78, 5) is 22.2. The number of phenolic OH excluding ortho intramolecular Hbond substituents is 1. The Morgan fingerprint density at radius 3 is 2.96 bits per heavy atom. The van der Waals surface area contributed by atoms with E-state index in [0.717, 1.165) is 35.2 Å². The van der Waals surface area contributed by atoms with Gasteiger partial charge in [0.25, 0.3) is 5.56 Å². The van der Waals surface area contributed by atoms with Crippen LogP contribution < -0.4 is 5.56 Å². The molecular formula is C17H14N6O2S2. The lowest BCUT2D eigenvalue weighted by molar-refractivity contribution is 0.475. The maximum absolute atomic E-state index is 12.5. The summed E-state index contributed by atoms with van der Waals surface area (Å²) >= 11 is 3.02. The van der Waals surface area contributed by atoms with Gasteiger partial charge >= 0.3 is 0 Å². The lowest BCUT2D eigenvalue weighted by Crippen LogP contribution is -2.11. The number of aryl methyl sites for hydroxylation is 2. The zero-order chi connectivity index (χ0) is 18.4. The summed E-state index contributed by atoms with van der Waals surface area (Å²) in [6, 6.07) is 6.62. The zero-order valence-electron chi connectivity index (χ0n) is 14.0. The predicted molar refractivity (Wildman–Crippen MR) is 103 cm³/mol. The third-order valence-electron chi connectivity index (χ3n) is 4.50. The molecule has 4 aromatic rings. The van der Waals surface area contributed by atoms with E-state index in [0.29, 0.717) is 16.7 Å². The Morgan fingerprint density at radius 2 is 2.11 bits per heavy atom. The van der Waals surface area contributed by atoms with Crippen LogP contribution in [-0.2, 0) is 18.6 Å². The number of nitrogens with one attached hydrogen (secondary N) is 1. The van der Waals surface area contributed by atoms with Gasteiger partial charge in [-0.1, -0.05) is 11.8 Å². The van der Waals surface area contributed by atoms with Crippen molar-refractivity contribution in [1.82, 2.24) is 30.2 Å². The molecule has 0 atom stereocenters. The number of tetrazole rings is 1. The van der Waals surface area contributed by atoms with Crippen molar-refractivity contribution in [2.45, 2.75) is 30.2 Å². The topological polar surface area (TPSA) is 110 Å². The largest absolute Gasteiger partial charge is 0.508 e. The molecule has 0 saturated carbocycles. The Bertz CT molecular complexity index is 1190. The van der Waals surface area contributed by atoms with Gasteiger partial charge in [0, 0.05) is 4.88 Å². The van der Waals surface area contributed by atoms with Gasteiger partial charge in [-0.3, -0.25) is 4.79 Å². The van der Waals surface area contributed by atoms with Crippen LogP contribution in [0.15, 0.2) is 34.2 Å². The van der Waals surface area contributed by atoms with Gasteiger partial charge in [-0.25, -0.2) is 4.98 Å². The van der Waals surface area contributed by atoms with Gasteiger partial charge < -0.3 is 10.1 Å². The molecule has 0 saturated heterocycles. The molecule has 0 radical (unpaired) electrons. The van der Waals surface area contributed by atoms with Crippen LogP contribution in [0.1, 0.15) is 22.7 Å². The highest BCUT2D eigenvalue weighted by Crippen LogP contribution is 2.34. The first-order valence-electron chi connectivity index (χ1n) is 8.43. The number of thiophene rings is 1. The minimum atomic E-state index is -0.0619. The first-order chi connectivity index (χ1) is 13.2. The van der Waals surface area contributed by atoms with Crippen molar-refractivity contribution >= 4 is 33.3 Å². The molecule has 0 amide bonds. The standard InChI is InChI=1S/C17H14N6O2S2/c24-10-6-4-9(5-7-10)23-17(20-21-22-23)26-8-13-18-15(25)14-11-2-1-3-12(11)27-16(14)19-13/h4-7,24H,1-3,8H2,(H,18,19,25). The number of thioether (sulfide) groups is 1. The number of aromatic hydroxyl groups is 1. The number of aromatic amines is 1. The Balaban J connectivity index is 1.42. The number of hydrogen-bond donors (Lipinski definition) is 2. The summed E-state index contributed by atoms with van der Waals surface area (Å²) in [5.41, 5.74) is 1.86. The summed E-state index contributed by atoms with van der Waals surface area (Å²) in [6.45, 7) is 0. The molecule has 3 heterocycles. The second kappa shape index (κ2) is 6.46. The molecule has 0 bridgehead atoms. The van der Waals surface area contributed by atoms with Crippen molar-refractivity contribution in [2.24, 2.45) is 0 Å². The second-order valence-corrected chi connectivity index (χ2v) is 8.25. The van der Waals surface area contributed by atoms with Crippen molar-refractivity contribution in [3.8, 4) is 11.4 Å². The fraction of sp³-hybridized carbons (Fsp3) is 0.235. The Morgan fingerprint density at radius 1 is 1.26 bits per heavy atom. The van der Waals surface area contributed by atoms with E-state index in [9.17, 15) is 9.90 Å². The van der Waals surface area contributed by atoms with E-state index in [-0.39, 0.29) is 11.3 Å². The van der Waals surface area contributed by atoms with Crippen molar-refractivity contribution in [3.63, 3.8) is 0 Å². The molecule has 0 unspecified atom stereocenters. The molecule has 136 valence electrons. The third kappa shape index (κ3) is 2.90. The number of aromatic nitrogens is 6. The fourth-order valence-electron chi connectivity index (χ4n) is 3.27. The van der Waals surface area contributed by atoms with Gasteiger partial charge in [0.2, 0.25) is 5.16 Å². The van der Waals surface area contributed by atoms with E-state index in [1.807, 2.05) is 0 Å². The Kier molecular flexibility index (Phi) is 3.94. The van der Waals surface area contributed by atoms with E-state index in [4.69, 9.17) is 0 Å². The van der Waals surface area contributed by atoms with Gasteiger partial charge in [-0.05, 0) is 59.5 Å². The van der Waals surface area contributed by atoms with Crippen LogP contribution in [0.5, 0.6) is 5.75 Å². The van der Waals surface area contributed by atoms with E-state index >= 15 is 0 Å². The van der Waals surface area contributed by atoms with Gasteiger partial charge in [0.15, 0.2) is 0 Å². The molecule has 1 aliphatic carbocycles. The van der Waals surface area contributed by atoms with Crippen LogP contribution in [-0.4, -0.2) is 35.3 Å². The maximum atomic E-state index is 12.5. The number of benzene rings is 1. The molecule has 1 aromatic carbocycles. The van der Waals surface area contributed by atoms with Gasteiger partial charge in [-0.15, -0.1) is 16.4 Å². The third-order valence-corrected chi connectivity index (χ3v) is 6.61. The molecule has 0 fully saturated rings. The maximum Gasteiger partial charge on any atom is 0.259 e. The van der Waals surface area contributed by atoms with E-state index in [2.05, 4.69) is 25.5 Å². The number of phenols is 1. The normalized spacial score (nSPS) is 13.3. The predicted octanol–water partition coefficient (Wildman–Crippen LogP) is 2.45. The van der Waals surface area contributed by atoms with Crippen LogP contribution in [0.3, 0.4) is 0 Å². The highest BCUT2D eigenvalue weighted by molar-refractivity contribution is 7.98. The summed E-state index contributed by atoms with van der Waals surface area (Å²) in [7, 11) is 0. The highest BCUT2D eigenvalue weighted by atomic mass is 32.2. The van der Waals surface area contributed by atoms with Gasteiger partial charge in [-0.2, -0.15) is 4.68 Å². The van der Waals surface area contributed by atoms with E-state index in [1.165, 1.54) is 22.2 Å². The molecule has 8 nitrogen and oxygen atoms in total. The van der Waals surface area contributed by atoms with Crippen molar-refractivity contribution in [3.05, 3.63) is 50.9 Å². The van der Waals surface area contributed by atoms with Crippen molar-refractivity contribution < 1.29 is 5.11 Å². The molecule has 3 aromatic heterocycles. The lowest BCUT2D eigenvalue weighted by Gasteiger charge is -2.04. The molecule has 0 aliphatic heterocycles. The van der Waals surface area contributed by atoms with Crippen LogP contribution in [0.2, 0.25) is 0 Å². The fourth-order valence-corrected chi connectivity index (χ4v) is 5.31.